The van der Waals surface area contributed by atoms with Crippen LogP contribution in [0.2, 0.25) is 0 Å². The summed E-state index contributed by atoms with van der Waals surface area (Å²) < 4.78 is 11.8. The minimum absolute atomic E-state index is 0.104. The van der Waals surface area contributed by atoms with Gasteiger partial charge in [0.2, 0.25) is 0 Å². The van der Waals surface area contributed by atoms with E-state index in [1.165, 1.54) is 32.1 Å². The van der Waals surface area contributed by atoms with Crippen LogP contribution in [0, 0.1) is 0 Å². The number of ether oxygens (including phenoxy) is 2. The fourth-order valence-electron chi connectivity index (χ4n) is 2.84. The fourth-order valence-corrected chi connectivity index (χ4v) is 2.84. The van der Waals surface area contributed by atoms with Crippen molar-refractivity contribution in [2.75, 3.05) is 26.3 Å². The Morgan fingerprint density at radius 2 is 2.12 bits per heavy atom. The Morgan fingerprint density at radius 1 is 1.31 bits per heavy atom. The fraction of sp³-hybridized carbons (Fsp3) is 1.00. The summed E-state index contributed by atoms with van der Waals surface area (Å²) in [6.07, 6.45) is 7.87. The number of likely N-dealkylation sites (N-methyl/N-ethyl adjacent to an activating group) is 1. The summed E-state index contributed by atoms with van der Waals surface area (Å²) in [5.74, 6) is 0. The lowest BCUT2D eigenvalue weighted by Crippen LogP contribution is -2.47. The monoisotopic (exact) mass is 227 g/mol. The first-order chi connectivity index (χ1) is 7.85. The maximum absolute atomic E-state index is 6.35. The molecule has 0 aromatic carbocycles. The summed E-state index contributed by atoms with van der Waals surface area (Å²) in [6.45, 7) is 5.89. The maximum atomic E-state index is 6.35. The first-order valence-corrected chi connectivity index (χ1v) is 6.81. The van der Waals surface area contributed by atoms with Crippen LogP contribution < -0.4 is 5.32 Å². The lowest BCUT2D eigenvalue weighted by Gasteiger charge is -2.39. The van der Waals surface area contributed by atoms with Crippen molar-refractivity contribution in [1.29, 1.82) is 0 Å². The van der Waals surface area contributed by atoms with Crippen molar-refractivity contribution in [2.24, 2.45) is 0 Å². The highest BCUT2D eigenvalue weighted by atomic mass is 16.6. The molecule has 0 amide bonds. The average molecular weight is 227 g/mol. The molecule has 1 aliphatic heterocycles. The molecule has 1 aliphatic carbocycles. The molecule has 16 heavy (non-hydrogen) atoms. The molecule has 1 atom stereocenters. The molecule has 0 spiro atoms. The normalized spacial score (nSPS) is 29.4. The second-order valence-electron chi connectivity index (χ2n) is 5.13. The molecular formula is C13H25NO2. The Balaban J connectivity index is 1.89. The van der Waals surface area contributed by atoms with Crippen LogP contribution in [0.3, 0.4) is 0 Å². The molecule has 0 bridgehead atoms. The van der Waals surface area contributed by atoms with Crippen molar-refractivity contribution in [3.05, 3.63) is 0 Å². The molecule has 94 valence electrons. The first kappa shape index (κ1) is 12.3. The van der Waals surface area contributed by atoms with Crippen LogP contribution >= 0.6 is 0 Å². The van der Waals surface area contributed by atoms with E-state index in [4.69, 9.17) is 9.47 Å². The van der Waals surface area contributed by atoms with E-state index in [0.717, 1.165) is 32.7 Å². The summed E-state index contributed by atoms with van der Waals surface area (Å²) in [7, 11) is 0. The second-order valence-corrected chi connectivity index (χ2v) is 5.13. The van der Waals surface area contributed by atoms with Gasteiger partial charge in [-0.2, -0.15) is 0 Å². The highest BCUT2D eigenvalue weighted by Gasteiger charge is 2.36. The number of rotatable bonds is 5. The maximum Gasteiger partial charge on any atom is 0.0838 e. The van der Waals surface area contributed by atoms with Crippen LogP contribution in [0.5, 0.6) is 0 Å². The third kappa shape index (κ3) is 3.19. The average Bonchev–Trinajstić information content (AvgIpc) is 2.80. The van der Waals surface area contributed by atoms with Crippen molar-refractivity contribution in [3.8, 4) is 0 Å². The molecule has 2 aliphatic rings. The Morgan fingerprint density at radius 3 is 2.75 bits per heavy atom. The summed E-state index contributed by atoms with van der Waals surface area (Å²) in [5, 5.41) is 3.47. The van der Waals surface area contributed by atoms with Gasteiger partial charge in [-0.1, -0.05) is 26.2 Å². The van der Waals surface area contributed by atoms with Crippen LogP contribution in [0.4, 0.5) is 0 Å². The smallest absolute Gasteiger partial charge is 0.0838 e. The molecule has 1 N–H and O–H groups in total. The van der Waals surface area contributed by atoms with E-state index >= 15 is 0 Å². The van der Waals surface area contributed by atoms with Gasteiger partial charge >= 0.3 is 0 Å². The van der Waals surface area contributed by atoms with E-state index in [2.05, 4.69) is 12.2 Å². The van der Waals surface area contributed by atoms with Crippen molar-refractivity contribution in [3.63, 3.8) is 0 Å². The zero-order valence-electron chi connectivity index (χ0n) is 10.5. The molecule has 2 rings (SSSR count). The standard InChI is InChI=1S/C13H25NO2/c1-2-14-11-13(7-4-3-5-8-13)16-12-6-9-15-10-12/h12,14H,2-11H2,1H3. The van der Waals surface area contributed by atoms with Crippen molar-refractivity contribution >= 4 is 0 Å². The van der Waals surface area contributed by atoms with E-state index in [1.54, 1.807) is 0 Å². The van der Waals surface area contributed by atoms with Gasteiger partial charge in [-0.15, -0.1) is 0 Å². The molecular weight excluding hydrogens is 202 g/mol. The van der Waals surface area contributed by atoms with E-state index in [0.29, 0.717) is 6.10 Å². The molecule has 2 fully saturated rings. The quantitative estimate of drug-likeness (QED) is 0.780. The van der Waals surface area contributed by atoms with Crippen LogP contribution in [-0.2, 0) is 9.47 Å². The van der Waals surface area contributed by atoms with Crippen molar-refractivity contribution < 1.29 is 9.47 Å². The Labute approximate surface area is 98.9 Å². The lowest BCUT2D eigenvalue weighted by molar-refractivity contribution is -0.111. The molecule has 3 nitrogen and oxygen atoms in total. The van der Waals surface area contributed by atoms with Crippen molar-refractivity contribution in [2.45, 2.75) is 57.2 Å². The van der Waals surface area contributed by atoms with Gasteiger partial charge in [0.1, 0.15) is 0 Å². The van der Waals surface area contributed by atoms with Gasteiger partial charge in [0, 0.05) is 13.2 Å². The van der Waals surface area contributed by atoms with Gasteiger partial charge in [0.15, 0.2) is 0 Å². The largest absolute Gasteiger partial charge is 0.379 e. The van der Waals surface area contributed by atoms with Crippen molar-refractivity contribution in [1.82, 2.24) is 5.32 Å². The molecule has 0 aromatic heterocycles. The summed E-state index contributed by atoms with van der Waals surface area (Å²) in [4.78, 5) is 0. The van der Waals surface area contributed by atoms with Crippen LogP contribution in [0.25, 0.3) is 0 Å². The summed E-state index contributed by atoms with van der Waals surface area (Å²) in [5.41, 5.74) is 0.104. The van der Waals surface area contributed by atoms with Gasteiger partial charge in [-0.25, -0.2) is 0 Å². The Kier molecular flexibility index (Phi) is 4.62. The van der Waals surface area contributed by atoms with Gasteiger partial charge in [0.05, 0.1) is 18.3 Å². The minimum atomic E-state index is 0.104. The molecule has 0 radical (unpaired) electrons. The predicted molar refractivity (Wildman–Crippen MR) is 64.7 cm³/mol. The first-order valence-electron chi connectivity index (χ1n) is 6.81. The third-order valence-corrected chi connectivity index (χ3v) is 3.77. The molecule has 1 saturated carbocycles. The van der Waals surface area contributed by atoms with Crippen LogP contribution in [0.1, 0.15) is 45.4 Å². The highest BCUT2D eigenvalue weighted by Crippen LogP contribution is 2.33. The third-order valence-electron chi connectivity index (χ3n) is 3.77. The number of hydrogen-bond donors (Lipinski definition) is 1. The predicted octanol–water partition coefficient (Wildman–Crippen LogP) is 2.10. The van der Waals surface area contributed by atoms with Gasteiger partial charge < -0.3 is 14.8 Å². The lowest BCUT2D eigenvalue weighted by atomic mass is 9.84. The minimum Gasteiger partial charge on any atom is -0.379 e. The van der Waals surface area contributed by atoms with Gasteiger partial charge in [-0.05, 0) is 25.8 Å². The summed E-state index contributed by atoms with van der Waals surface area (Å²) >= 11 is 0. The zero-order valence-corrected chi connectivity index (χ0v) is 10.5. The Bertz CT molecular complexity index is 196. The van der Waals surface area contributed by atoms with Gasteiger partial charge in [-0.3, -0.25) is 0 Å². The second kappa shape index (κ2) is 5.99. The van der Waals surface area contributed by atoms with E-state index < -0.39 is 0 Å². The van der Waals surface area contributed by atoms with E-state index in [1.807, 2.05) is 0 Å². The number of hydrogen-bond acceptors (Lipinski definition) is 3. The molecule has 0 aromatic rings. The zero-order chi connectivity index (χ0) is 11.3. The molecule has 3 heteroatoms. The molecule has 1 unspecified atom stereocenters. The van der Waals surface area contributed by atoms with Crippen LogP contribution in [-0.4, -0.2) is 38.0 Å². The van der Waals surface area contributed by atoms with Crippen LogP contribution in [0.15, 0.2) is 0 Å². The SMILES string of the molecule is CCNCC1(OC2CCOC2)CCCCC1. The van der Waals surface area contributed by atoms with E-state index in [-0.39, 0.29) is 5.60 Å². The molecule has 1 heterocycles. The summed E-state index contributed by atoms with van der Waals surface area (Å²) in [6, 6.07) is 0. The topological polar surface area (TPSA) is 30.5 Å². The number of nitrogens with one attached hydrogen (secondary N) is 1. The highest BCUT2D eigenvalue weighted by molar-refractivity contribution is 4.88. The molecule has 1 saturated heterocycles. The van der Waals surface area contributed by atoms with Gasteiger partial charge in [0.25, 0.3) is 0 Å². The Hall–Kier alpha value is -0.120. The van der Waals surface area contributed by atoms with E-state index in [9.17, 15) is 0 Å².